The molecule has 0 N–H and O–H groups in total. The second kappa shape index (κ2) is 6.50. The first-order valence-corrected chi connectivity index (χ1v) is 8.81. The van der Waals surface area contributed by atoms with Crippen LogP contribution in [0.5, 0.6) is 0 Å². The number of aryl methyl sites for hydroxylation is 1. The zero-order chi connectivity index (χ0) is 16.4. The molecule has 0 spiro atoms. The normalized spacial score (nSPS) is 10.9. The highest BCUT2D eigenvalue weighted by molar-refractivity contribution is 7.99. The van der Waals surface area contributed by atoms with E-state index in [1.54, 1.807) is 11.8 Å². The minimum Gasteiger partial charge on any atom is -0.248 e. The highest BCUT2D eigenvalue weighted by atomic mass is 32.2. The summed E-state index contributed by atoms with van der Waals surface area (Å²) < 4.78 is 0. The van der Waals surface area contributed by atoms with Gasteiger partial charge in [0, 0.05) is 20.7 Å². The van der Waals surface area contributed by atoms with E-state index in [0.29, 0.717) is 0 Å². The van der Waals surface area contributed by atoms with Gasteiger partial charge in [0.15, 0.2) is 0 Å². The number of nitrogens with zero attached hydrogens (tertiary/aromatic N) is 1. The molecule has 3 aromatic carbocycles. The summed E-state index contributed by atoms with van der Waals surface area (Å²) in [6.45, 7) is 2.11. The molecular formula is C22H17NS. The summed E-state index contributed by atoms with van der Waals surface area (Å²) in [5.74, 6) is 0. The van der Waals surface area contributed by atoms with E-state index in [-0.39, 0.29) is 0 Å². The van der Waals surface area contributed by atoms with E-state index in [2.05, 4.69) is 79.7 Å². The Bertz CT molecular complexity index is 976. The van der Waals surface area contributed by atoms with Gasteiger partial charge in [0.05, 0.1) is 11.2 Å². The fraction of sp³-hybridized carbons (Fsp3) is 0.0455. The highest BCUT2D eigenvalue weighted by Gasteiger charge is 2.08. The van der Waals surface area contributed by atoms with Crippen molar-refractivity contribution in [2.24, 2.45) is 0 Å². The molecule has 2 heteroatoms. The molecule has 1 heterocycles. The van der Waals surface area contributed by atoms with Gasteiger partial charge in [-0.25, -0.2) is 4.98 Å². The van der Waals surface area contributed by atoms with Crippen molar-refractivity contribution in [3.05, 3.63) is 90.5 Å². The second-order valence-corrected chi connectivity index (χ2v) is 6.92. The number of hydrogen-bond donors (Lipinski definition) is 0. The third-order valence-corrected chi connectivity index (χ3v) is 5.06. The van der Waals surface area contributed by atoms with Gasteiger partial charge in [-0.1, -0.05) is 78.0 Å². The average Bonchev–Trinajstić information content (AvgIpc) is 2.64. The maximum atomic E-state index is 4.85. The second-order valence-electron chi connectivity index (χ2n) is 5.80. The van der Waals surface area contributed by atoms with Crippen molar-refractivity contribution >= 4 is 22.7 Å². The smallest absolute Gasteiger partial charge is 0.0721 e. The lowest BCUT2D eigenvalue weighted by atomic mass is 10.1. The molecule has 4 rings (SSSR count). The topological polar surface area (TPSA) is 12.9 Å². The monoisotopic (exact) mass is 327 g/mol. The van der Waals surface area contributed by atoms with Gasteiger partial charge < -0.3 is 0 Å². The molecule has 1 aromatic heterocycles. The molecule has 0 aliphatic rings. The number of fused-ring (bicyclic) bond motifs is 1. The van der Waals surface area contributed by atoms with E-state index in [1.807, 2.05) is 12.1 Å². The number of para-hydroxylation sites is 1. The zero-order valence-electron chi connectivity index (χ0n) is 13.4. The van der Waals surface area contributed by atoms with Crippen molar-refractivity contribution in [2.75, 3.05) is 0 Å². The predicted molar refractivity (Wildman–Crippen MR) is 102 cm³/mol. The van der Waals surface area contributed by atoms with Crippen LogP contribution in [0.25, 0.3) is 22.2 Å². The Morgan fingerprint density at radius 2 is 1.46 bits per heavy atom. The van der Waals surface area contributed by atoms with Gasteiger partial charge in [-0.05, 0) is 31.2 Å². The quantitative estimate of drug-likeness (QED) is 0.434. The standard InChI is InChI=1S/C22H17NS/c1-16-11-13-18(14-12-16)24-22-15-21(17-7-3-2-4-8-17)23-20-10-6-5-9-19(20)22/h2-15H,1H3. The molecule has 0 saturated heterocycles. The van der Waals surface area contributed by atoms with Crippen molar-refractivity contribution in [2.45, 2.75) is 16.7 Å². The van der Waals surface area contributed by atoms with Gasteiger partial charge in [0.2, 0.25) is 0 Å². The molecule has 0 unspecified atom stereocenters. The SMILES string of the molecule is Cc1ccc(Sc2cc(-c3ccccc3)nc3ccccc23)cc1. The Kier molecular flexibility index (Phi) is 4.06. The van der Waals surface area contributed by atoms with Gasteiger partial charge in [0.25, 0.3) is 0 Å². The fourth-order valence-electron chi connectivity index (χ4n) is 2.72. The molecule has 0 amide bonds. The zero-order valence-corrected chi connectivity index (χ0v) is 14.3. The first-order chi connectivity index (χ1) is 11.8. The molecule has 0 radical (unpaired) electrons. The van der Waals surface area contributed by atoms with Crippen LogP contribution in [0.15, 0.2) is 94.7 Å². The molecule has 116 valence electrons. The van der Waals surface area contributed by atoms with Crippen molar-refractivity contribution in [3.8, 4) is 11.3 Å². The van der Waals surface area contributed by atoms with Crippen LogP contribution < -0.4 is 0 Å². The molecule has 0 atom stereocenters. The lowest BCUT2D eigenvalue weighted by Crippen LogP contribution is -1.88. The Balaban J connectivity index is 1.85. The Morgan fingerprint density at radius 1 is 0.750 bits per heavy atom. The van der Waals surface area contributed by atoms with Crippen LogP contribution in [0.1, 0.15) is 5.56 Å². The van der Waals surface area contributed by atoms with Gasteiger partial charge in [-0.3, -0.25) is 0 Å². The Hall–Kier alpha value is -2.58. The van der Waals surface area contributed by atoms with Crippen LogP contribution in [0.4, 0.5) is 0 Å². The summed E-state index contributed by atoms with van der Waals surface area (Å²) >= 11 is 1.79. The largest absolute Gasteiger partial charge is 0.248 e. The number of aromatic nitrogens is 1. The Morgan fingerprint density at radius 3 is 2.25 bits per heavy atom. The van der Waals surface area contributed by atoms with Gasteiger partial charge in [0.1, 0.15) is 0 Å². The summed E-state index contributed by atoms with van der Waals surface area (Å²) in [5, 5.41) is 1.20. The summed E-state index contributed by atoms with van der Waals surface area (Å²) in [6, 6.07) is 29.6. The van der Waals surface area contributed by atoms with Crippen LogP contribution in [0.2, 0.25) is 0 Å². The molecule has 0 saturated carbocycles. The van der Waals surface area contributed by atoms with Crippen LogP contribution in [0.3, 0.4) is 0 Å². The maximum absolute atomic E-state index is 4.85. The number of benzene rings is 3. The molecule has 0 fully saturated rings. The van der Waals surface area contributed by atoms with Crippen LogP contribution in [-0.4, -0.2) is 4.98 Å². The third kappa shape index (κ3) is 3.06. The van der Waals surface area contributed by atoms with E-state index < -0.39 is 0 Å². The van der Waals surface area contributed by atoms with Crippen molar-refractivity contribution in [3.63, 3.8) is 0 Å². The third-order valence-electron chi connectivity index (χ3n) is 4.00. The van der Waals surface area contributed by atoms with Gasteiger partial charge >= 0.3 is 0 Å². The lowest BCUT2D eigenvalue weighted by Gasteiger charge is -2.10. The van der Waals surface area contributed by atoms with Crippen LogP contribution in [0, 0.1) is 6.92 Å². The lowest BCUT2D eigenvalue weighted by molar-refractivity contribution is 1.33. The molecule has 4 aromatic rings. The number of rotatable bonds is 3. The van der Waals surface area contributed by atoms with Crippen molar-refractivity contribution < 1.29 is 0 Å². The fourth-order valence-corrected chi connectivity index (χ4v) is 3.70. The molecular weight excluding hydrogens is 310 g/mol. The van der Waals surface area contributed by atoms with Crippen LogP contribution in [-0.2, 0) is 0 Å². The maximum Gasteiger partial charge on any atom is 0.0721 e. The van der Waals surface area contributed by atoms with Crippen molar-refractivity contribution in [1.29, 1.82) is 0 Å². The van der Waals surface area contributed by atoms with Gasteiger partial charge in [-0.2, -0.15) is 0 Å². The molecule has 1 nitrogen and oxygen atoms in total. The molecule has 0 bridgehead atoms. The minimum absolute atomic E-state index is 1.02. The minimum atomic E-state index is 1.02. The summed E-state index contributed by atoms with van der Waals surface area (Å²) in [6.07, 6.45) is 0. The average molecular weight is 327 g/mol. The van der Waals surface area contributed by atoms with Gasteiger partial charge in [-0.15, -0.1) is 0 Å². The first kappa shape index (κ1) is 15.0. The Labute approximate surface area is 146 Å². The highest BCUT2D eigenvalue weighted by Crippen LogP contribution is 2.35. The first-order valence-electron chi connectivity index (χ1n) is 7.99. The van der Waals surface area contributed by atoms with Crippen LogP contribution >= 0.6 is 11.8 Å². The van der Waals surface area contributed by atoms with E-state index in [4.69, 9.17) is 4.98 Å². The predicted octanol–water partition coefficient (Wildman–Crippen LogP) is 6.36. The summed E-state index contributed by atoms with van der Waals surface area (Å²) in [5.41, 5.74) is 4.48. The summed E-state index contributed by atoms with van der Waals surface area (Å²) in [7, 11) is 0. The van der Waals surface area contributed by atoms with E-state index in [1.165, 1.54) is 20.7 Å². The molecule has 0 aliphatic heterocycles. The summed E-state index contributed by atoms with van der Waals surface area (Å²) in [4.78, 5) is 7.33. The number of pyridine rings is 1. The van der Waals surface area contributed by atoms with E-state index >= 15 is 0 Å². The van der Waals surface area contributed by atoms with E-state index in [0.717, 1.165) is 16.8 Å². The number of hydrogen-bond acceptors (Lipinski definition) is 2. The molecule has 24 heavy (non-hydrogen) atoms. The van der Waals surface area contributed by atoms with E-state index in [9.17, 15) is 0 Å². The molecule has 0 aliphatic carbocycles. The van der Waals surface area contributed by atoms with Crippen molar-refractivity contribution in [1.82, 2.24) is 4.98 Å².